The van der Waals surface area contributed by atoms with Gasteiger partial charge >= 0.3 is 0 Å². The van der Waals surface area contributed by atoms with Crippen LogP contribution in [0, 0.1) is 12.7 Å². The summed E-state index contributed by atoms with van der Waals surface area (Å²) >= 11 is 1.45. The van der Waals surface area contributed by atoms with Crippen molar-refractivity contribution >= 4 is 16.2 Å². The molecule has 0 saturated carbocycles. The smallest absolute Gasteiger partial charge is 0.264 e. The minimum atomic E-state index is -0.500. The van der Waals surface area contributed by atoms with E-state index in [0.717, 1.165) is 10.5 Å². The number of hydrogen-bond donors (Lipinski definition) is 0. The van der Waals surface area contributed by atoms with Crippen LogP contribution >= 0.6 is 11.3 Å². The highest BCUT2D eigenvalue weighted by molar-refractivity contribution is 7.15. The lowest BCUT2D eigenvalue weighted by Crippen LogP contribution is -2.18. The molecule has 0 amide bonds. The minimum absolute atomic E-state index is 0.192. The number of pyridine rings is 1. The number of rotatable bonds is 3. The zero-order valence-corrected chi connectivity index (χ0v) is 13.3. The van der Waals surface area contributed by atoms with Gasteiger partial charge in [0.15, 0.2) is 0 Å². The van der Waals surface area contributed by atoms with E-state index < -0.39 is 6.04 Å². The lowest BCUT2D eigenvalue weighted by Gasteiger charge is -2.13. The van der Waals surface area contributed by atoms with Crippen molar-refractivity contribution in [1.82, 2.24) is 4.40 Å². The normalized spacial score (nSPS) is 12.1. The summed E-state index contributed by atoms with van der Waals surface area (Å²) in [4.78, 5) is 16.6. The number of hydrogen-bond acceptors (Lipinski definition) is 3. The number of benzene rings is 1. The zero-order chi connectivity index (χ0) is 16.6. The van der Waals surface area contributed by atoms with Gasteiger partial charge in [-0.25, -0.2) is 4.39 Å². The van der Waals surface area contributed by atoms with E-state index in [4.69, 9.17) is 5.53 Å². The molecule has 0 aliphatic heterocycles. The van der Waals surface area contributed by atoms with Crippen LogP contribution in [0.25, 0.3) is 26.4 Å². The number of halogens is 1. The van der Waals surface area contributed by atoms with Crippen molar-refractivity contribution in [2.75, 3.05) is 0 Å². The van der Waals surface area contributed by atoms with Gasteiger partial charge in [0.2, 0.25) is 0 Å². The molecule has 1 atom stereocenters. The number of thiazole rings is 1. The summed E-state index contributed by atoms with van der Waals surface area (Å²) in [6.07, 6.45) is 0. The average Bonchev–Trinajstić information content (AvgIpc) is 2.90. The SMILES string of the molecule is Cc1csc2cc(C(C)N=[N+]=[N-])c(-c3ccc(F)cc3)c(=O)n12. The molecule has 0 N–H and O–H groups in total. The minimum Gasteiger partial charge on any atom is -0.271 e. The van der Waals surface area contributed by atoms with Gasteiger partial charge in [0.25, 0.3) is 5.56 Å². The van der Waals surface area contributed by atoms with E-state index in [1.54, 1.807) is 23.5 Å². The van der Waals surface area contributed by atoms with Crippen molar-refractivity contribution < 1.29 is 4.39 Å². The predicted octanol–water partition coefficient (Wildman–Crippen LogP) is 4.85. The monoisotopic (exact) mass is 328 g/mol. The molecular weight excluding hydrogens is 315 g/mol. The first-order chi connectivity index (χ1) is 11.0. The van der Waals surface area contributed by atoms with Crippen molar-refractivity contribution in [2.24, 2.45) is 5.11 Å². The van der Waals surface area contributed by atoms with Gasteiger partial charge in [-0.1, -0.05) is 24.2 Å². The second-order valence-electron chi connectivity index (χ2n) is 5.22. The molecule has 2 aromatic heterocycles. The van der Waals surface area contributed by atoms with E-state index >= 15 is 0 Å². The summed E-state index contributed by atoms with van der Waals surface area (Å²) in [5, 5.41) is 5.61. The van der Waals surface area contributed by atoms with Crippen molar-refractivity contribution in [3.05, 3.63) is 73.6 Å². The predicted molar refractivity (Wildman–Crippen MR) is 89.2 cm³/mol. The van der Waals surface area contributed by atoms with Gasteiger partial charge in [0.05, 0.1) is 11.6 Å². The lowest BCUT2D eigenvalue weighted by molar-refractivity contribution is 0.628. The van der Waals surface area contributed by atoms with Crippen LogP contribution in [0.1, 0.15) is 24.2 Å². The fourth-order valence-electron chi connectivity index (χ4n) is 2.60. The van der Waals surface area contributed by atoms with Crippen LogP contribution in [0.4, 0.5) is 4.39 Å². The van der Waals surface area contributed by atoms with Gasteiger partial charge in [-0.2, -0.15) is 0 Å². The summed E-state index contributed by atoms with van der Waals surface area (Å²) in [7, 11) is 0. The van der Waals surface area contributed by atoms with Gasteiger partial charge in [0, 0.05) is 16.0 Å². The maximum absolute atomic E-state index is 13.2. The Morgan fingerprint density at radius 1 is 1.35 bits per heavy atom. The summed E-state index contributed by atoms with van der Waals surface area (Å²) in [6, 6.07) is 7.11. The average molecular weight is 328 g/mol. The number of nitrogens with zero attached hydrogens (tertiary/aromatic N) is 4. The Hall–Kier alpha value is -2.63. The maximum atomic E-state index is 13.2. The van der Waals surface area contributed by atoms with Crippen LogP contribution in [0.2, 0.25) is 0 Å². The first-order valence-corrected chi connectivity index (χ1v) is 7.85. The molecule has 0 bridgehead atoms. The molecule has 0 spiro atoms. The zero-order valence-electron chi connectivity index (χ0n) is 12.5. The van der Waals surface area contributed by atoms with E-state index in [9.17, 15) is 9.18 Å². The van der Waals surface area contributed by atoms with E-state index in [1.807, 2.05) is 18.4 Å². The summed E-state index contributed by atoms with van der Waals surface area (Å²) in [5.41, 5.74) is 11.0. The van der Waals surface area contributed by atoms with E-state index in [-0.39, 0.29) is 11.4 Å². The molecule has 7 heteroatoms. The lowest BCUT2D eigenvalue weighted by atomic mass is 9.97. The Morgan fingerprint density at radius 3 is 2.70 bits per heavy atom. The molecule has 116 valence electrons. The number of fused-ring (bicyclic) bond motifs is 1. The molecule has 3 rings (SSSR count). The summed E-state index contributed by atoms with van der Waals surface area (Å²) in [5.74, 6) is -0.369. The Labute approximate surface area is 135 Å². The first kappa shape index (κ1) is 15.3. The molecule has 1 aromatic carbocycles. The van der Waals surface area contributed by atoms with E-state index in [2.05, 4.69) is 10.0 Å². The third-order valence-corrected chi connectivity index (χ3v) is 4.72. The second-order valence-corrected chi connectivity index (χ2v) is 6.11. The maximum Gasteiger partial charge on any atom is 0.264 e. The third-order valence-electron chi connectivity index (χ3n) is 3.72. The van der Waals surface area contributed by atoms with Crippen LogP contribution in [-0.2, 0) is 0 Å². The van der Waals surface area contributed by atoms with Gasteiger partial charge in [-0.05, 0) is 41.8 Å². The van der Waals surface area contributed by atoms with Gasteiger partial charge in [-0.3, -0.25) is 9.20 Å². The number of azide groups is 1. The summed E-state index contributed by atoms with van der Waals surface area (Å²) in [6.45, 7) is 3.59. The fraction of sp³-hybridized carbons (Fsp3) is 0.188. The molecule has 23 heavy (non-hydrogen) atoms. The third kappa shape index (κ3) is 2.60. The van der Waals surface area contributed by atoms with Crippen LogP contribution < -0.4 is 5.56 Å². The Bertz CT molecular complexity index is 984. The number of aromatic nitrogens is 1. The van der Waals surface area contributed by atoms with E-state index in [1.165, 1.54) is 23.5 Å². The molecule has 0 radical (unpaired) electrons. The molecular formula is C16H13FN4OS. The topological polar surface area (TPSA) is 70.2 Å². The fourth-order valence-corrected chi connectivity index (χ4v) is 3.52. The van der Waals surface area contributed by atoms with Crippen molar-refractivity contribution in [3.8, 4) is 11.1 Å². The highest BCUT2D eigenvalue weighted by atomic mass is 32.1. The van der Waals surface area contributed by atoms with Crippen molar-refractivity contribution in [3.63, 3.8) is 0 Å². The highest BCUT2D eigenvalue weighted by Gasteiger charge is 2.18. The molecule has 0 saturated heterocycles. The standard InChI is InChI=1S/C16H13FN4OS/c1-9-8-23-14-7-13(10(2)19-20-18)15(16(22)21(9)14)11-3-5-12(17)6-4-11/h3-8,10H,1-2H3. The van der Waals surface area contributed by atoms with Gasteiger partial charge in [0.1, 0.15) is 10.6 Å². The van der Waals surface area contributed by atoms with E-state index in [0.29, 0.717) is 16.7 Å². The Kier molecular flexibility index (Phi) is 3.90. The second kappa shape index (κ2) is 5.87. The summed E-state index contributed by atoms with van der Waals surface area (Å²) < 4.78 is 14.8. The van der Waals surface area contributed by atoms with Crippen molar-refractivity contribution in [1.29, 1.82) is 0 Å². The molecule has 0 fully saturated rings. The van der Waals surface area contributed by atoms with Crippen LogP contribution in [0.5, 0.6) is 0 Å². The van der Waals surface area contributed by atoms with Crippen molar-refractivity contribution in [2.45, 2.75) is 19.9 Å². The largest absolute Gasteiger partial charge is 0.271 e. The Morgan fingerprint density at radius 2 is 2.04 bits per heavy atom. The molecule has 2 heterocycles. The Balaban J connectivity index is 2.40. The van der Waals surface area contributed by atoms with Crippen LogP contribution in [0.15, 0.2) is 45.6 Å². The molecule has 0 aliphatic rings. The van der Waals surface area contributed by atoms with Gasteiger partial charge in [-0.15, -0.1) is 11.3 Å². The first-order valence-electron chi connectivity index (χ1n) is 6.97. The highest BCUT2D eigenvalue weighted by Crippen LogP contribution is 2.30. The molecule has 5 nitrogen and oxygen atoms in total. The molecule has 1 unspecified atom stereocenters. The van der Waals surface area contributed by atoms with Crippen LogP contribution in [-0.4, -0.2) is 4.40 Å². The molecule has 0 aliphatic carbocycles. The number of aryl methyl sites for hydroxylation is 1. The van der Waals surface area contributed by atoms with Crippen LogP contribution in [0.3, 0.4) is 0 Å². The van der Waals surface area contributed by atoms with Gasteiger partial charge < -0.3 is 0 Å². The quantitative estimate of drug-likeness (QED) is 0.385. The molecule has 3 aromatic rings.